The fourth-order valence-electron chi connectivity index (χ4n) is 2.37. The minimum absolute atomic E-state index is 0.196. The zero-order valence-corrected chi connectivity index (χ0v) is 12.8. The van der Waals surface area contributed by atoms with Gasteiger partial charge in [-0.1, -0.05) is 11.3 Å². The van der Waals surface area contributed by atoms with Gasteiger partial charge < -0.3 is 10.1 Å². The first-order valence-corrected chi connectivity index (χ1v) is 9.08. The molecule has 0 bridgehead atoms. The third kappa shape index (κ3) is 2.88. The number of benzene rings is 1. The van der Waals surface area contributed by atoms with Crippen LogP contribution >= 0.6 is 11.3 Å². The van der Waals surface area contributed by atoms with Gasteiger partial charge in [-0.05, 0) is 24.5 Å². The van der Waals surface area contributed by atoms with Crippen molar-refractivity contribution in [3.8, 4) is 5.75 Å². The third-order valence-corrected chi connectivity index (χ3v) is 6.29. The average Bonchev–Trinajstić information content (AvgIpc) is 2.98. The number of nitrogens with one attached hydrogen (secondary N) is 1. The fraction of sp³-hybridized carbons (Fsp3) is 0.462. The van der Waals surface area contributed by atoms with Gasteiger partial charge in [0.2, 0.25) is 0 Å². The van der Waals surface area contributed by atoms with E-state index in [1.807, 2.05) is 18.2 Å². The first kappa shape index (κ1) is 13.6. The summed E-state index contributed by atoms with van der Waals surface area (Å²) in [5, 5.41) is 4.08. The summed E-state index contributed by atoms with van der Waals surface area (Å²) >= 11 is 1.57. The van der Waals surface area contributed by atoms with E-state index in [2.05, 4.69) is 10.3 Å². The maximum atomic E-state index is 11.4. The molecule has 2 heterocycles. The largest absolute Gasteiger partial charge is 0.497 e. The monoisotopic (exact) mass is 312 g/mol. The normalized spacial score (nSPS) is 21.1. The van der Waals surface area contributed by atoms with Crippen LogP contribution < -0.4 is 10.1 Å². The molecule has 1 fully saturated rings. The van der Waals surface area contributed by atoms with E-state index in [1.54, 1.807) is 18.4 Å². The van der Waals surface area contributed by atoms with E-state index in [0.29, 0.717) is 18.1 Å². The quantitative estimate of drug-likeness (QED) is 0.937. The lowest BCUT2D eigenvalue weighted by Crippen LogP contribution is -2.15. The standard InChI is InChI=1S/C13H16N2O3S2/c1-18-10-2-3-12-11(6-10)15-13(19-12)14-7-9-4-5-20(16,17)8-9/h2-3,6,9H,4-5,7-8H2,1H3,(H,14,15). The van der Waals surface area contributed by atoms with Crippen LogP contribution in [0.25, 0.3) is 10.2 Å². The number of hydrogen-bond donors (Lipinski definition) is 1. The van der Waals surface area contributed by atoms with Gasteiger partial charge in [0.25, 0.3) is 0 Å². The summed E-state index contributed by atoms with van der Waals surface area (Å²) in [5.41, 5.74) is 0.899. The number of nitrogens with zero attached hydrogens (tertiary/aromatic N) is 1. The summed E-state index contributed by atoms with van der Waals surface area (Å²) in [6, 6.07) is 5.79. The number of fused-ring (bicyclic) bond motifs is 1. The van der Waals surface area contributed by atoms with Gasteiger partial charge in [-0.2, -0.15) is 0 Å². The van der Waals surface area contributed by atoms with Crippen LogP contribution in [-0.4, -0.2) is 38.6 Å². The van der Waals surface area contributed by atoms with E-state index in [1.165, 1.54) is 0 Å². The van der Waals surface area contributed by atoms with Gasteiger partial charge in [0.1, 0.15) is 5.75 Å². The van der Waals surface area contributed by atoms with Gasteiger partial charge in [0, 0.05) is 12.6 Å². The van der Waals surface area contributed by atoms with Crippen molar-refractivity contribution < 1.29 is 13.2 Å². The number of aromatic nitrogens is 1. The lowest BCUT2D eigenvalue weighted by Gasteiger charge is -2.07. The Kier molecular flexibility index (Phi) is 3.55. The van der Waals surface area contributed by atoms with Crippen molar-refractivity contribution >= 4 is 36.5 Å². The van der Waals surface area contributed by atoms with Crippen molar-refractivity contribution in [3.05, 3.63) is 18.2 Å². The second kappa shape index (κ2) is 5.21. The minimum atomic E-state index is -2.81. The highest BCUT2D eigenvalue weighted by atomic mass is 32.2. The molecule has 0 aliphatic carbocycles. The molecule has 0 amide bonds. The molecule has 1 aromatic carbocycles. The molecule has 20 heavy (non-hydrogen) atoms. The van der Waals surface area contributed by atoms with E-state index in [4.69, 9.17) is 4.74 Å². The zero-order chi connectivity index (χ0) is 14.2. The highest BCUT2D eigenvalue weighted by Gasteiger charge is 2.27. The number of methoxy groups -OCH3 is 1. The van der Waals surface area contributed by atoms with E-state index < -0.39 is 9.84 Å². The van der Waals surface area contributed by atoms with Crippen molar-refractivity contribution in [1.82, 2.24) is 4.98 Å². The van der Waals surface area contributed by atoms with Gasteiger partial charge in [-0.3, -0.25) is 0 Å². The molecule has 108 valence electrons. The molecule has 0 saturated carbocycles. The molecule has 5 nitrogen and oxygen atoms in total. The molecule has 7 heteroatoms. The van der Waals surface area contributed by atoms with Crippen LogP contribution in [0.5, 0.6) is 5.75 Å². The molecule has 1 aliphatic heterocycles. The Morgan fingerprint density at radius 3 is 3.05 bits per heavy atom. The number of rotatable bonds is 4. The Labute approximate surface area is 121 Å². The van der Waals surface area contributed by atoms with Crippen molar-refractivity contribution in [1.29, 1.82) is 0 Å². The highest BCUT2D eigenvalue weighted by Crippen LogP contribution is 2.29. The smallest absolute Gasteiger partial charge is 0.183 e. The molecule has 0 radical (unpaired) electrons. The summed E-state index contributed by atoms with van der Waals surface area (Å²) in [6.45, 7) is 0.663. The van der Waals surface area contributed by atoms with Gasteiger partial charge >= 0.3 is 0 Å². The number of hydrogen-bond acceptors (Lipinski definition) is 6. The predicted molar refractivity (Wildman–Crippen MR) is 81.4 cm³/mol. The van der Waals surface area contributed by atoms with Crippen molar-refractivity contribution in [2.24, 2.45) is 5.92 Å². The lowest BCUT2D eigenvalue weighted by atomic mass is 10.1. The van der Waals surface area contributed by atoms with E-state index in [-0.39, 0.29) is 5.92 Å². The Balaban J connectivity index is 1.69. The van der Waals surface area contributed by atoms with Crippen LogP contribution in [0, 0.1) is 5.92 Å². The Morgan fingerprint density at radius 1 is 1.50 bits per heavy atom. The van der Waals surface area contributed by atoms with Crippen molar-refractivity contribution in [3.63, 3.8) is 0 Å². The highest BCUT2D eigenvalue weighted by molar-refractivity contribution is 7.91. The van der Waals surface area contributed by atoms with Crippen LogP contribution in [0.4, 0.5) is 5.13 Å². The molecule has 2 aromatic rings. The molecule has 0 spiro atoms. The van der Waals surface area contributed by atoms with Crippen LogP contribution in [-0.2, 0) is 9.84 Å². The van der Waals surface area contributed by atoms with Gasteiger partial charge in [-0.15, -0.1) is 0 Å². The van der Waals surface area contributed by atoms with E-state index >= 15 is 0 Å². The van der Waals surface area contributed by atoms with Gasteiger partial charge in [0.05, 0.1) is 28.8 Å². The number of anilines is 1. The Bertz CT molecular complexity index is 724. The Hall–Kier alpha value is -1.34. The van der Waals surface area contributed by atoms with E-state index in [9.17, 15) is 8.42 Å². The van der Waals surface area contributed by atoms with Crippen LogP contribution in [0.15, 0.2) is 18.2 Å². The summed E-state index contributed by atoms with van der Waals surface area (Å²) in [4.78, 5) is 4.50. The topological polar surface area (TPSA) is 68.3 Å². The van der Waals surface area contributed by atoms with E-state index in [0.717, 1.165) is 27.5 Å². The summed E-state index contributed by atoms with van der Waals surface area (Å²) in [6.07, 6.45) is 0.744. The fourth-order valence-corrected chi connectivity index (χ4v) is 5.09. The Morgan fingerprint density at radius 2 is 2.35 bits per heavy atom. The van der Waals surface area contributed by atoms with Crippen molar-refractivity contribution in [2.45, 2.75) is 6.42 Å². The SMILES string of the molecule is COc1ccc2sc(NCC3CCS(=O)(=O)C3)nc2c1. The maximum Gasteiger partial charge on any atom is 0.183 e. The van der Waals surface area contributed by atoms with Crippen LogP contribution in [0.3, 0.4) is 0 Å². The number of thiazole rings is 1. The first-order valence-electron chi connectivity index (χ1n) is 6.44. The minimum Gasteiger partial charge on any atom is -0.497 e. The van der Waals surface area contributed by atoms with Crippen molar-refractivity contribution in [2.75, 3.05) is 30.5 Å². The molecule has 1 atom stereocenters. The summed E-state index contributed by atoms with van der Waals surface area (Å²) in [7, 11) is -1.17. The number of ether oxygens (including phenoxy) is 1. The maximum absolute atomic E-state index is 11.4. The molecule has 1 aromatic heterocycles. The zero-order valence-electron chi connectivity index (χ0n) is 11.1. The predicted octanol–water partition coefficient (Wildman–Crippen LogP) is 2.15. The number of sulfone groups is 1. The second-order valence-corrected chi connectivity index (χ2v) is 8.26. The van der Waals surface area contributed by atoms with Gasteiger partial charge in [-0.25, -0.2) is 13.4 Å². The lowest BCUT2D eigenvalue weighted by molar-refractivity contribution is 0.415. The van der Waals surface area contributed by atoms with Crippen LogP contribution in [0.1, 0.15) is 6.42 Å². The van der Waals surface area contributed by atoms with Crippen LogP contribution in [0.2, 0.25) is 0 Å². The third-order valence-electron chi connectivity index (χ3n) is 3.46. The summed E-state index contributed by atoms with van der Waals surface area (Å²) < 4.78 is 29.1. The molecule has 1 unspecified atom stereocenters. The average molecular weight is 312 g/mol. The molecular formula is C13H16N2O3S2. The second-order valence-electron chi connectivity index (χ2n) is 5.00. The first-order chi connectivity index (χ1) is 9.55. The molecular weight excluding hydrogens is 296 g/mol. The van der Waals surface area contributed by atoms with Gasteiger partial charge in [0.15, 0.2) is 15.0 Å². The molecule has 1 saturated heterocycles. The molecule has 1 aliphatic rings. The molecule has 3 rings (SSSR count). The summed E-state index contributed by atoms with van der Waals surface area (Å²) in [5.74, 6) is 1.59. The molecule has 1 N–H and O–H groups in total.